The predicted molar refractivity (Wildman–Crippen MR) is 75.2 cm³/mol. The van der Waals surface area contributed by atoms with Crippen LogP contribution in [0.3, 0.4) is 0 Å². The second-order valence-corrected chi connectivity index (χ2v) is 4.96. The van der Waals surface area contributed by atoms with E-state index in [0.717, 1.165) is 12.1 Å². The van der Waals surface area contributed by atoms with Crippen LogP contribution >= 0.6 is 11.8 Å². The van der Waals surface area contributed by atoms with E-state index >= 15 is 0 Å². The van der Waals surface area contributed by atoms with Crippen LogP contribution in [0.5, 0.6) is 0 Å². The molecule has 0 saturated carbocycles. The van der Waals surface area contributed by atoms with Crippen molar-refractivity contribution in [3.05, 3.63) is 65.5 Å². The summed E-state index contributed by atoms with van der Waals surface area (Å²) in [4.78, 5) is 1.27. The van der Waals surface area contributed by atoms with Crippen LogP contribution in [0.15, 0.2) is 53.4 Å². The first-order valence-electron chi connectivity index (χ1n) is 5.86. The summed E-state index contributed by atoms with van der Waals surface area (Å²) in [6.07, 6.45) is 2.07. The van der Waals surface area contributed by atoms with Crippen LogP contribution in [-0.2, 0) is 13.1 Å². The van der Waals surface area contributed by atoms with Crippen LogP contribution < -0.4 is 5.32 Å². The Hall–Kier alpha value is -1.32. The molecule has 2 aromatic carbocycles. The van der Waals surface area contributed by atoms with Crippen LogP contribution in [-0.4, -0.2) is 6.26 Å². The van der Waals surface area contributed by atoms with Gasteiger partial charge in [-0.15, -0.1) is 11.8 Å². The molecule has 0 fully saturated rings. The lowest BCUT2D eigenvalue weighted by Gasteiger charge is -2.06. The maximum absolute atomic E-state index is 13.0. The third kappa shape index (κ3) is 3.86. The van der Waals surface area contributed by atoms with E-state index in [4.69, 9.17) is 0 Å². The second kappa shape index (κ2) is 6.57. The fraction of sp³-hybridized carbons (Fsp3) is 0.200. The van der Waals surface area contributed by atoms with Gasteiger partial charge in [0.15, 0.2) is 0 Å². The van der Waals surface area contributed by atoms with Gasteiger partial charge in [0.2, 0.25) is 0 Å². The summed E-state index contributed by atoms with van der Waals surface area (Å²) in [5.41, 5.74) is 2.21. The first-order chi connectivity index (χ1) is 8.78. The van der Waals surface area contributed by atoms with Crippen LogP contribution in [0.25, 0.3) is 0 Å². The normalized spacial score (nSPS) is 10.6. The third-order valence-electron chi connectivity index (χ3n) is 2.71. The zero-order chi connectivity index (χ0) is 12.8. The highest BCUT2D eigenvalue weighted by molar-refractivity contribution is 7.98. The van der Waals surface area contributed by atoms with Crippen molar-refractivity contribution in [2.24, 2.45) is 0 Å². The zero-order valence-electron chi connectivity index (χ0n) is 10.3. The minimum atomic E-state index is -0.182. The van der Waals surface area contributed by atoms with Crippen LogP contribution in [0.1, 0.15) is 11.1 Å². The summed E-state index contributed by atoms with van der Waals surface area (Å²) in [5, 5.41) is 3.31. The molecule has 0 aliphatic heterocycles. The number of halogens is 1. The average Bonchev–Trinajstić information content (AvgIpc) is 2.40. The van der Waals surface area contributed by atoms with Crippen molar-refractivity contribution >= 4 is 11.8 Å². The number of benzene rings is 2. The van der Waals surface area contributed by atoms with Crippen LogP contribution in [0.2, 0.25) is 0 Å². The summed E-state index contributed by atoms with van der Waals surface area (Å²) in [7, 11) is 0. The summed E-state index contributed by atoms with van der Waals surface area (Å²) in [5.74, 6) is -0.182. The second-order valence-electron chi connectivity index (χ2n) is 4.08. The van der Waals surface area contributed by atoms with Crippen molar-refractivity contribution in [1.29, 1.82) is 0 Å². The SMILES string of the molecule is CSc1ccc(CNCc2cccc(F)c2)cc1. The van der Waals surface area contributed by atoms with Gasteiger partial charge in [-0.2, -0.15) is 0 Å². The molecule has 0 aliphatic rings. The smallest absolute Gasteiger partial charge is 0.123 e. The Balaban J connectivity index is 1.84. The summed E-state index contributed by atoms with van der Waals surface area (Å²) >= 11 is 1.74. The number of hydrogen-bond acceptors (Lipinski definition) is 2. The van der Waals surface area contributed by atoms with Gasteiger partial charge in [0.25, 0.3) is 0 Å². The van der Waals surface area contributed by atoms with Gasteiger partial charge in [0, 0.05) is 18.0 Å². The summed E-state index contributed by atoms with van der Waals surface area (Å²) in [6.45, 7) is 1.48. The summed E-state index contributed by atoms with van der Waals surface area (Å²) < 4.78 is 13.0. The minimum Gasteiger partial charge on any atom is -0.309 e. The minimum absolute atomic E-state index is 0.182. The van der Waals surface area contributed by atoms with Crippen molar-refractivity contribution in [1.82, 2.24) is 5.32 Å². The largest absolute Gasteiger partial charge is 0.309 e. The van der Waals surface area contributed by atoms with Crippen molar-refractivity contribution in [2.45, 2.75) is 18.0 Å². The van der Waals surface area contributed by atoms with Gasteiger partial charge < -0.3 is 5.32 Å². The lowest BCUT2D eigenvalue weighted by molar-refractivity contribution is 0.620. The standard InChI is InChI=1S/C15H16FNS/c1-18-15-7-5-12(6-8-15)10-17-11-13-3-2-4-14(16)9-13/h2-9,17H,10-11H2,1H3. The topological polar surface area (TPSA) is 12.0 Å². The molecule has 2 aromatic rings. The van der Waals surface area contributed by atoms with E-state index in [1.165, 1.54) is 16.5 Å². The van der Waals surface area contributed by atoms with Crippen molar-refractivity contribution in [3.8, 4) is 0 Å². The highest BCUT2D eigenvalue weighted by Gasteiger charge is 1.96. The van der Waals surface area contributed by atoms with Crippen molar-refractivity contribution in [2.75, 3.05) is 6.26 Å². The van der Waals surface area contributed by atoms with Crippen LogP contribution in [0.4, 0.5) is 4.39 Å². The quantitative estimate of drug-likeness (QED) is 0.821. The average molecular weight is 261 g/mol. The van der Waals surface area contributed by atoms with E-state index < -0.39 is 0 Å². The Labute approximate surface area is 111 Å². The van der Waals surface area contributed by atoms with Gasteiger partial charge in [0.1, 0.15) is 5.82 Å². The molecule has 0 radical (unpaired) electrons. The first kappa shape index (κ1) is 13.1. The maximum atomic E-state index is 13.0. The Bertz CT molecular complexity index is 496. The molecule has 1 N–H and O–H groups in total. The van der Waals surface area contributed by atoms with Gasteiger partial charge in [-0.3, -0.25) is 0 Å². The highest BCUT2D eigenvalue weighted by atomic mass is 32.2. The number of nitrogens with one attached hydrogen (secondary N) is 1. The number of hydrogen-bond donors (Lipinski definition) is 1. The molecular formula is C15H16FNS. The third-order valence-corrected chi connectivity index (χ3v) is 3.45. The zero-order valence-corrected chi connectivity index (χ0v) is 11.1. The number of rotatable bonds is 5. The molecule has 3 heteroatoms. The first-order valence-corrected chi connectivity index (χ1v) is 7.08. The lowest BCUT2D eigenvalue weighted by Crippen LogP contribution is -2.12. The summed E-state index contributed by atoms with van der Waals surface area (Å²) in [6, 6.07) is 15.1. The van der Waals surface area contributed by atoms with E-state index in [2.05, 4.69) is 35.8 Å². The van der Waals surface area contributed by atoms with Crippen LogP contribution in [0, 0.1) is 5.82 Å². The van der Waals surface area contributed by atoms with Crippen molar-refractivity contribution < 1.29 is 4.39 Å². The monoisotopic (exact) mass is 261 g/mol. The fourth-order valence-corrected chi connectivity index (χ4v) is 2.15. The van der Waals surface area contributed by atoms with Gasteiger partial charge in [-0.05, 0) is 41.6 Å². The Morgan fingerprint density at radius 2 is 1.72 bits per heavy atom. The lowest BCUT2D eigenvalue weighted by atomic mass is 10.2. The molecule has 0 bridgehead atoms. The number of thioether (sulfide) groups is 1. The van der Waals surface area contributed by atoms with Gasteiger partial charge in [0.05, 0.1) is 0 Å². The maximum Gasteiger partial charge on any atom is 0.123 e. The Morgan fingerprint density at radius 1 is 1.00 bits per heavy atom. The molecule has 2 rings (SSSR count). The van der Waals surface area contributed by atoms with Gasteiger partial charge in [-0.1, -0.05) is 24.3 Å². The molecule has 18 heavy (non-hydrogen) atoms. The molecule has 0 aromatic heterocycles. The molecule has 0 saturated heterocycles. The van der Waals surface area contributed by atoms with E-state index in [1.807, 2.05) is 6.07 Å². The molecule has 0 atom stereocenters. The van der Waals surface area contributed by atoms with E-state index in [0.29, 0.717) is 6.54 Å². The van der Waals surface area contributed by atoms with Crippen molar-refractivity contribution in [3.63, 3.8) is 0 Å². The molecule has 0 aliphatic carbocycles. The molecule has 0 spiro atoms. The predicted octanol–water partition coefficient (Wildman–Crippen LogP) is 3.84. The Kier molecular flexibility index (Phi) is 4.79. The molecule has 0 amide bonds. The molecule has 0 heterocycles. The molecule has 0 unspecified atom stereocenters. The molecular weight excluding hydrogens is 245 g/mol. The van der Waals surface area contributed by atoms with E-state index in [1.54, 1.807) is 23.9 Å². The Morgan fingerprint density at radius 3 is 2.39 bits per heavy atom. The fourth-order valence-electron chi connectivity index (χ4n) is 1.74. The van der Waals surface area contributed by atoms with Gasteiger partial charge >= 0.3 is 0 Å². The van der Waals surface area contributed by atoms with Gasteiger partial charge in [-0.25, -0.2) is 4.39 Å². The molecule has 94 valence electrons. The highest BCUT2D eigenvalue weighted by Crippen LogP contribution is 2.14. The van der Waals surface area contributed by atoms with E-state index in [-0.39, 0.29) is 5.82 Å². The van der Waals surface area contributed by atoms with E-state index in [9.17, 15) is 4.39 Å². The molecule has 1 nitrogen and oxygen atoms in total.